The molecular formula is C15H20FN3O3. The Morgan fingerprint density at radius 1 is 1.36 bits per heavy atom. The fraction of sp³-hybridized carbons (Fsp3) is 0.467. The van der Waals surface area contributed by atoms with Gasteiger partial charge in [0.15, 0.2) is 0 Å². The molecule has 1 fully saturated rings. The zero-order chi connectivity index (χ0) is 15.9. The van der Waals surface area contributed by atoms with E-state index in [1.807, 2.05) is 0 Å². The maximum atomic E-state index is 13.0. The van der Waals surface area contributed by atoms with Gasteiger partial charge in [-0.1, -0.05) is 6.07 Å². The number of nitrogens with one attached hydrogen (secondary N) is 2. The molecule has 0 spiro atoms. The van der Waals surface area contributed by atoms with Crippen LogP contribution in [0.25, 0.3) is 0 Å². The third-order valence-electron chi connectivity index (χ3n) is 3.44. The quantitative estimate of drug-likeness (QED) is 0.901. The van der Waals surface area contributed by atoms with Gasteiger partial charge in [0, 0.05) is 24.8 Å². The average Bonchev–Trinajstić information content (AvgIpc) is 2.48. The number of rotatable bonds is 3. The van der Waals surface area contributed by atoms with E-state index in [0.29, 0.717) is 38.2 Å². The van der Waals surface area contributed by atoms with Gasteiger partial charge >= 0.3 is 12.1 Å². The lowest BCUT2D eigenvalue weighted by molar-refractivity contribution is 0.0959. The third kappa shape index (κ3) is 4.61. The number of carbonyl (C=O) groups excluding carboxylic acids is 2. The number of hydrogen-bond donors (Lipinski definition) is 2. The van der Waals surface area contributed by atoms with Crippen LogP contribution in [-0.2, 0) is 4.74 Å². The Morgan fingerprint density at radius 3 is 2.73 bits per heavy atom. The van der Waals surface area contributed by atoms with Crippen molar-refractivity contribution >= 4 is 17.8 Å². The smallest absolute Gasteiger partial charge is 0.409 e. The van der Waals surface area contributed by atoms with Crippen LogP contribution in [0.5, 0.6) is 0 Å². The maximum absolute atomic E-state index is 13.0. The molecule has 1 aliphatic heterocycles. The second kappa shape index (κ2) is 7.63. The van der Waals surface area contributed by atoms with E-state index in [9.17, 15) is 14.0 Å². The molecule has 22 heavy (non-hydrogen) atoms. The van der Waals surface area contributed by atoms with Gasteiger partial charge < -0.3 is 20.3 Å². The minimum Gasteiger partial charge on any atom is -0.450 e. The number of likely N-dealkylation sites (tertiary alicyclic amines) is 1. The van der Waals surface area contributed by atoms with E-state index in [0.717, 1.165) is 0 Å². The van der Waals surface area contributed by atoms with Gasteiger partial charge in [-0.25, -0.2) is 14.0 Å². The van der Waals surface area contributed by atoms with Crippen molar-refractivity contribution in [1.82, 2.24) is 10.2 Å². The van der Waals surface area contributed by atoms with Gasteiger partial charge in [-0.3, -0.25) is 0 Å². The van der Waals surface area contributed by atoms with Crippen molar-refractivity contribution in [3.63, 3.8) is 0 Å². The lowest BCUT2D eigenvalue weighted by atomic mass is 10.1. The van der Waals surface area contributed by atoms with E-state index in [1.165, 1.54) is 18.2 Å². The van der Waals surface area contributed by atoms with Gasteiger partial charge in [0.25, 0.3) is 0 Å². The summed E-state index contributed by atoms with van der Waals surface area (Å²) < 4.78 is 18.0. The summed E-state index contributed by atoms with van der Waals surface area (Å²) in [4.78, 5) is 25.1. The summed E-state index contributed by atoms with van der Waals surface area (Å²) >= 11 is 0. The van der Waals surface area contributed by atoms with Crippen molar-refractivity contribution in [2.45, 2.75) is 25.8 Å². The van der Waals surface area contributed by atoms with Gasteiger partial charge in [0.05, 0.1) is 6.61 Å². The van der Waals surface area contributed by atoms with E-state index in [-0.39, 0.29) is 18.2 Å². The van der Waals surface area contributed by atoms with Crippen LogP contribution in [0.3, 0.4) is 0 Å². The van der Waals surface area contributed by atoms with Crippen molar-refractivity contribution in [2.75, 3.05) is 25.0 Å². The molecule has 0 atom stereocenters. The number of ether oxygens (including phenoxy) is 1. The van der Waals surface area contributed by atoms with E-state index in [2.05, 4.69) is 10.6 Å². The molecule has 0 saturated carbocycles. The fourth-order valence-electron chi connectivity index (χ4n) is 2.34. The summed E-state index contributed by atoms with van der Waals surface area (Å²) in [7, 11) is 0. The highest BCUT2D eigenvalue weighted by Gasteiger charge is 2.24. The molecule has 1 heterocycles. The minimum absolute atomic E-state index is 0.0146. The highest BCUT2D eigenvalue weighted by molar-refractivity contribution is 5.89. The van der Waals surface area contributed by atoms with E-state index < -0.39 is 5.82 Å². The van der Waals surface area contributed by atoms with Gasteiger partial charge in [-0.2, -0.15) is 0 Å². The SMILES string of the molecule is CCOC(=O)N1CCC(NC(=O)Nc2cccc(F)c2)CC1. The normalized spacial score (nSPS) is 15.3. The van der Waals surface area contributed by atoms with Gasteiger partial charge in [-0.15, -0.1) is 0 Å². The molecule has 0 unspecified atom stereocenters. The van der Waals surface area contributed by atoms with E-state index in [4.69, 9.17) is 4.74 Å². The van der Waals surface area contributed by atoms with Crippen LogP contribution in [0.1, 0.15) is 19.8 Å². The minimum atomic E-state index is -0.402. The number of hydrogen-bond acceptors (Lipinski definition) is 3. The van der Waals surface area contributed by atoms with Crippen LogP contribution < -0.4 is 10.6 Å². The van der Waals surface area contributed by atoms with E-state index >= 15 is 0 Å². The molecule has 120 valence electrons. The Hall–Kier alpha value is -2.31. The first kappa shape index (κ1) is 16.1. The Kier molecular flexibility index (Phi) is 5.57. The number of nitrogens with zero attached hydrogens (tertiary/aromatic N) is 1. The predicted molar refractivity (Wildman–Crippen MR) is 80.2 cm³/mol. The highest BCUT2D eigenvalue weighted by atomic mass is 19.1. The van der Waals surface area contributed by atoms with Crippen molar-refractivity contribution in [2.24, 2.45) is 0 Å². The van der Waals surface area contributed by atoms with Crippen LogP contribution in [0, 0.1) is 5.82 Å². The number of carbonyl (C=O) groups is 2. The number of anilines is 1. The summed E-state index contributed by atoms with van der Waals surface area (Å²) in [5.41, 5.74) is 0.404. The van der Waals surface area contributed by atoms with Crippen molar-refractivity contribution in [3.8, 4) is 0 Å². The number of amides is 3. The molecular weight excluding hydrogens is 289 g/mol. The molecule has 6 nitrogen and oxygen atoms in total. The summed E-state index contributed by atoms with van der Waals surface area (Å²) in [6, 6.07) is 5.32. The number of urea groups is 1. The molecule has 1 aromatic carbocycles. The fourth-order valence-corrected chi connectivity index (χ4v) is 2.34. The van der Waals surface area contributed by atoms with Gasteiger partial charge in [-0.05, 0) is 38.0 Å². The molecule has 2 N–H and O–H groups in total. The topological polar surface area (TPSA) is 70.7 Å². The standard InChI is InChI=1S/C15H20FN3O3/c1-2-22-15(21)19-8-6-12(7-9-19)17-14(20)18-13-5-3-4-11(16)10-13/h3-5,10,12H,2,6-9H2,1H3,(H2,17,18,20). The highest BCUT2D eigenvalue weighted by Crippen LogP contribution is 2.13. The predicted octanol–water partition coefficient (Wildman–Crippen LogP) is 2.57. The molecule has 0 aromatic heterocycles. The Bertz CT molecular complexity index is 531. The van der Waals surface area contributed by atoms with Crippen molar-refractivity contribution in [3.05, 3.63) is 30.1 Å². The summed E-state index contributed by atoms with van der Waals surface area (Å²) in [5, 5.41) is 5.42. The summed E-state index contributed by atoms with van der Waals surface area (Å²) in [6.45, 7) is 3.21. The Balaban J connectivity index is 1.76. The van der Waals surface area contributed by atoms with Gasteiger partial charge in [0.1, 0.15) is 5.82 Å². The third-order valence-corrected chi connectivity index (χ3v) is 3.44. The average molecular weight is 309 g/mol. The van der Waals surface area contributed by atoms with Crippen LogP contribution >= 0.6 is 0 Å². The zero-order valence-electron chi connectivity index (χ0n) is 12.5. The largest absolute Gasteiger partial charge is 0.450 e. The van der Waals surface area contributed by atoms with Crippen LogP contribution in [-0.4, -0.2) is 42.8 Å². The van der Waals surface area contributed by atoms with Crippen molar-refractivity contribution in [1.29, 1.82) is 0 Å². The Labute approximate surface area is 128 Å². The number of halogens is 1. The molecule has 0 aliphatic carbocycles. The van der Waals surface area contributed by atoms with Crippen molar-refractivity contribution < 1.29 is 18.7 Å². The zero-order valence-corrected chi connectivity index (χ0v) is 12.5. The maximum Gasteiger partial charge on any atom is 0.409 e. The summed E-state index contributed by atoms with van der Waals surface area (Å²) in [6.07, 6.45) is 1.01. The van der Waals surface area contributed by atoms with Crippen LogP contribution in [0.15, 0.2) is 24.3 Å². The Morgan fingerprint density at radius 2 is 2.09 bits per heavy atom. The molecule has 0 radical (unpaired) electrons. The summed E-state index contributed by atoms with van der Waals surface area (Å²) in [5.74, 6) is -0.402. The number of benzene rings is 1. The molecule has 1 aliphatic rings. The second-order valence-electron chi connectivity index (χ2n) is 5.07. The molecule has 3 amide bonds. The molecule has 1 saturated heterocycles. The first-order chi connectivity index (χ1) is 10.6. The molecule has 0 bridgehead atoms. The molecule has 2 rings (SSSR count). The molecule has 7 heteroatoms. The first-order valence-electron chi connectivity index (χ1n) is 7.33. The van der Waals surface area contributed by atoms with Crippen LogP contribution in [0.4, 0.5) is 19.7 Å². The molecule has 1 aromatic rings. The lowest BCUT2D eigenvalue weighted by Gasteiger charge is -2.31. The second-order valence-corrected chi connectivity index (χ2v) is 5.07. The van der Waals surface area contributed by atoms with E-state index in [1.54, 1.807) is 17.9 Å². The van der Waals surface area contributed by atoms with Crippen LogP contribution in [0.2, 0.25) is 0 Å². The first-order valence-corrected chi connectivity index (χ1v) is 7.33. The van der Waals surface area contributed by atoms with Gasteiger partial charge in [0.2, 0.25) is 0 Å². The number of piperidine rings is 1. The monoisotopic (exact) mass is 309 g/mol. The lowest BCUT2D eigenvalue weighted by Crippen LogP contribution is -2.47.